The van der Waals surface area contributed by atoms with E-state index in [4.69, 9.17) is 10.5 Å². The summed E-state index contributed by atoms with van der Waals surface area (Å²) in [5.41, 5.74) is 6.73. The number of halogens is 1. The lowest BCUT2D eigenvalue weighted by atomic mass is 10.2. The molecular weight excluding hydrogens is 247 g/mol. The Morgan fingerprint density at radius 2 is 2.11 bits per heavy atom. The fraction of sp³-hybridized carbons (Fsp3) is 0.214. The molecule has 0 bridgehead atoms. The molecule has 5 heteroatoms. The predicted molar refractivity (Wildman–Crippen MR) is 71.7 cm³/mol. The van der Waals surface area contributed by atoms with Gasteiger partial charge < -0.3 is 15.0 Å². The van der Waals surface area contributed by atoms with E-state index in [1.165, 1.54) is 22.8 Å². The topological polar surface area (TPSA) is 57.2 Å². The second-order valence-corrected chi connectivity index (χ2v) is 4.25. The molecule has 0 saturated carbocycles. The number of nitrogen functional groups attached to an aromatic ring is 1. The first-order chi connectivity index (χ1) is 9.06. The maximum Gasteiger partial charge on any atom is 0.250 e. The van der Waals surface area contributed by atoms with Crippen molar-refractivity contribution in [2.45, 2.75) is 13.5 Å². The van der Waals surface area contributed by atoms with Gasteiger partial charge in [-0.1, -0.05) is 0 Å². The number of anilines is 1. The van der Waals surface area contributed by atoms with Crippen molar-refractivity contribution in [1.29, 1.82) is 0 Å². The Morgan fingerprint density at radius 3 is 2.84 bits per heavy atom. The van der Waals surface area contributed by atoms with Crippen LogP contribution in [0, 0.1) is 12.7 Å². The molecule has 0 fully saturated rings. The molecule has 4 nitrogen and oxygen atoms in total. The summed E-state index contributed by atoms with van der Waals surface area (Å²) in [7, 11) is 0. The van der Waals surface area contributed by atoms with Crippen molar-refractivity contribution in [1.82, 2.24) is 4.57 Å². The van der Waals surface area contributed by atoms with Crippen LogP contribution in [0.2, 0.25) is 0 Å². The van der Waals surface area contributed by atoms with Crippen LogP contribution in [0.25, 0.3) is 0 Å². The first-order valence-corrected chi connectivity index (χ1v) is 5.91. The summed E-state index contributed by atoms with van der Waals surface area (Å²) in [6.45, 7) is 2.47. The highest BCUT2D eigenvalue weighted by Crippen LogP contribution is 2.18. The van der Waals surface area contributed by atoms with Crippen molar-refractivity contribution in [2.75, 3.05) is 12.3 Å². The van der Waals surface area contributed by atoms with Crippen molar-refractivity contribution < 1.29 is 9.13 Å². The second-order valence-electron chi connectivity index (χ2n) is 4.25. The normalized spacial score (nSPS) is 10.4. The Morgan fingerprint density at radius 1 is 1.32 bits per heavy atom. The number of hydrogen-bond acceptors (Lipinski definition) is 3. The van der Waals surface area contributed by atoms with E-state index in [9.17, 15) is 9.18 Å². The highest BCUT2D eigenvalue weighted by atomic mass is 19.1. The summed E-state index contributed by atoms with van der Waals surface area (Å²) in [4.78, 5) is 11.5. The average molecular weight is 262 g/mol. The van der Waals surface area contributed by atoms with Crippen molar-refractivity contribution in [2.24, 2.45) is 0 Å². The molecule has 0 spiro atoms. The largest absolute Gasteiger partial charge is 0.491 e. The molecule has 1 aromatic carbocycles. The van der Waals surface area contributed by atoms with Crippen molar-refractivity contribution >= 4 is 5.69 Å². The van der Waals surface area contributed by atoms with E-state index in [2.05, 4.69) is 0 Å². The number of benzene rings is 1. The summed E-state index contributed by atoms with van der Waals surface area (Å²) in [5.74, 6) is 0.315. The summed E-state index contributed by atoms with van der Waals surface area (Å²) < 4.78 is 19.9. The average Bonchev–Trinajstić information content (AvgIpc) is 2.36. The maximum absolute atomic E-state index is 12.9. The molecule has 0 amide bonds. The number of hydrogen-bond donors (Lipinski definition) is 1. The van der Waals surface area contributed by atoms with Gasteiger partial charge in [0.1, 0.15) is 18.2 Å². The van der Waals surface area contributed by atoms with Gasteiger partial charge in [-0.2, -0.15) is 0 Å². The number of aromatic nitrogens is 1. The third kappa shape index (κ3) is 3.34. The lowest BCUT2D eigenvalue weighted by molar-refractivity contribution is 0.294. The van der Waals surface area contributed by atoms with Crippen LogP contribution in [0.3, 0.4) is 0 Å². The SMILES string of the molecule is Cc1cc(F)ccc1OCCn1cc(N)ccc1=O. The highest BCUT2D eigenvalue weighted by Gasteiger charge is 2.02. The third-order valence-corrected chi connectivity index (χ3v) is 2.73. The van der Waals surface area contributed by atoms with Crippen LogP contribution in [-0.2, 0) is 6.54 Å². The molecule has 0 aliphatic carbocycles. The Kier molecular flexibility index (Phi) is 3.85. The smallest absolute Gasteiger partial charge is 0.250 e. The van der Waals surface area contributed by atoms with Gasteiger partial charge >= 0.3 is 0 Å². The maximum atomic E-state index is 12.9. The third-order valence-electron chi connectivity index (χ3n) is 2.73. The summed E-state index contributed by atoms with van der Waals surface area (Å²) >= 11 is 0. The zero-order valence-corrected chi connectivity index (χ0v) is 10.6. The van der Waals surface area contributed by atoms with Crippen LogP contribution in [-0.4, -0.2) is 11.2 Å². The zero-order chi connectivity index (χ0) is 13.8. The first-order valence-electron chi connectivity index (χ1n) is 5.91. The molecule has 0 atom stereocenters. The summed E-state index contributed by atoms with van der Waals surface area (Å²) in [6, 6.07) is 7.30. The minimum atomic E-state index is -0.295. The molecule has 0 saturated heterocycles. The van der Waals surface area contributed by atoms with E-state index in [-0.39, 0.29) is 11.4 Å². The standard InChI is InChI=1S/C14H15FN2O2/c1-10-8-11(15)2-4-13(10)19-7-6-17-9-12(16)3-5-14(17)18/h2-5,8-9H,6-7,16H2,1H3. The number of nitrogens with two attached hydrogens (primary N) is 1. The van der Waals surface area contributed by atoms with E-state index < -0.39 is 0 Å². The van der Waals surface area contributed by atoms with Crippen LogP contribution in [0.1, 0.15) is 5.56 Å². The Hall–Kier alpha value is -2.30. The number of nitrogens with zero attached hydrogens (tertiary/aromatic N) is 1. The fourth-order valence-corrected chi connectivity index (χ4v) is 1.75. The van der Waals surface area contributed by atoms with E-state index in [0.29, 0.717) is 24.6 Å². The quantitative estimate of drug-likeness (QED) is 0.916. The molecule has 19 heavy (non-hydrogen) atoms. The van der Waals surface area contributed by atoms with Gasteiger partial charge in [0.05, 0.1) is 6.54 Å². The van der Waals surface area contributed by atoms with Gasteiger partial charge in [-0.3, -0.25) is 4.79 Å². The zero-order valence-electron chi connectivity index (χ0n) is 10.6. The molecule has 2 rings (SSSR count). The molecule has 2 N–H and O–H groups in total. The van der Waals surface area contributed by atoms with Crippen molar-refractivity contribution in [3.8, 4) is 5.75 Å². The molecule has 0 aliphatic heterocycles. The molecule has 100 valence electrons. The van der Waals surface area contributed by atoms with Crippen molar-refractivity contribution in [3.05, 3.63) is 58.3 Å². The Bertz CT molecular complexity index is 638. The Labute approximate surface area is 110 Å². The predicted octanol–water partition coefficient (Wildman–Crippen LogP) is 1.96. The minimum Gasteiger partial charge on any atom is -0.491 e. The second kappa shape index (κ2) is 5.56. The fourth-order valence-electron chi connectivity index (χ4n) is 1.75. The number of ether oxygens (including phenoxy) is 1. The molecule has 0 aliphatic rings. The monoisotopic (exact) mass is 262 g/mol. The van der Waals surface area contributed by atoms with Crippen LogP contribution in [0.4, 0.5) is 10.1 Å². The highest BCUT2D eigenvalue weighted by molar-refractivity contribution is 5.33. The summed E-state index contributed by atoms with van der Waals surface area (Å²) in [5, 5.41) is 0. The minimum absolute atomic E-state index is 0.131. The van der Waals surface area contributed by atoms with E-state index in [0.717, 1.165) is 5.56 Å². The summed E-state index contributed by atoms with van der Waals surface area (Å²) in [6.07, 6.45) is 1.57. The molecule has 1 aromatic heterocycles. The van der Waals surface area contributed by atoms with Gasteiger partial charge in [-0.15, -0.1) is 0 Å². The molecule has 1 heterocycles. The van der Waals surface area contributed by atoms with Crippen LogP contribution in [0.15, 0.2) is 41.3 Å². The van der Waals surface area contributed by atoms with Gasteiger partial charge in [0, 0.05) is 18.0 Å². The molecule has 0 radical (unpaired) electrons. The lowest BCUT2D eigenvalue weighted by Gasteiger charge is -2.10. The van der Waals surface area contributed by atoms with Gasteiger partial charge in [-0.25, -0.2) is 4.39 Å². The van der Waals surface area contributed by atoms with Gasteiger partial charge in [-0.05, 0) is 36.8 Å². The van der Waals surface area contributed by atoms with Gasteiger partial charge in [0.2, 0.25) is 0 Å². The number of pyridine rings is 1. The van der Waals surface area contributed by atoms with Crippen LogP contribution in [0.5, 0.6) is 5.75 Å². The first kappa shape index (κ1) is 13.1. The molecular formula is C14H15FN2O2. The number of rotatable bonds is 4. The van der Waals surface area contributed by atoms with Crippen LogP contribution >= 0.6 is 0 Å². The van der Waals surface area contributed by atoms with Gasteiger partial charge in [0.15, 0.2) is 0 Å². The molecule has 0 unspecified atom stereocenters. The van der Waals surface area contributed by atoms with Gasteiger partial charge in [0.25, 0.3) is 5.56 Å². The van der Waals surface area contributed by atoms with E-state index in [1.807, 2.05) is 0 Å². The van der Waals surface area contributed by atoms with Crippen molar-refractivity contribution in [3.63, 3.8) is 0 Å². The Balaban J connectivity index is 2.00. The molecule has 2 aromatic rings. The lowest BCUT2D eigenvalue weighted by Crippen LogP contribution is -2.22. The van der Waals surface area contributed by atoms with E-state index >= 15 is 0 Å². The van der Waals surface area contributed by atoms with E-state index in [1.54, 1.807) is 25.3 Å². The van der Waals surface area contributed by atoms with Crippen LogP contribution < -0.4 is 16.0 Å². The number of aryl methyl sites for hydroxylation is 1.